The highest BCUT2D eigenvalue weighted by Crippen LogP contribution is 2.22. The first-order valence-electron chi connectivity index (χ1n) is 8.84. The van der Waals surface area contributed by atoms with Crippen molar-refractivity contribution < 1.29 is 4.90 Å². The smallest absolute Gasteiger partial charge is 0.171 e. The molecule has 0 amide bonds. The summed E-state index contributed by atoms with van der Waals surface area (Å²) in [6, 6.07) is 17.0. The molecule has 1 saturated heterocycles. The van der Waals surface area contributed by atoms with Crippen LogP contribution >= 0.6 is 23.8 Å². The van der Waals surface area contributed by atoms with Crippen molar-refractivity contribution in [2.45, 2.75) is 25.8 Å². The number of hydrogen-bond donors (Lipinski definition) is 3. The van der Waals surface area contributed by atoms with Gasteiger partial charge in [0.1, 0.15) is 6.04 Å². The lowest BCUT2D eigenvalue weighted by molar-refractivity contribution is -0.918. The number of anilines is 1. The van der Waals surface area contributed by atoms with Crippen LogP contribution in [0.1, 0.15) is 30.0 Å². The Hall–Kier alpha value is -1.62. The van der Waals surface area contributed by atoms with E-state index in [2.05, 4.69) is 41.0 Å². The van der Waals surface area contributed by atoms with Crippen molar-refractivity contribution in [2.24, 2.45) is 0 Å². The number of halogens is 1. The van der Waals surface area contributed by atoms with Gasteiger partial charge in [-0.3, -0.25) is 0 Å². The molecule has 0 bridgehead atoms. The highest BCUT2D eigenvalue weighted by Gasteiger charge is 2.27. The molecule has 1 aliphatic rings. The average molecular weight is 375 g/mol. The molecule has 0 saturated carbocycles. The van der Waals surface area contributed by atoms with Crippen LogP contribution < -0.4 is 15.5 Å². The molecular weight excluding hydrogens is 350 g/mol. The Kier molecular flexibility index (Phi) is 6.29. The average Bonchev–Trinajstić information content (AvgIpc) is 3.14. The van der Waals surface area contributed by atoms with E-state index in [4.69, 9.17) is 23.8 Å². The molecular formula is C20H25ClN3S+. The topological polar surface area (TPSA) is 28.5 Å². The Balaban J connectivity index is 1.64. The summed E-state index contributed by atoms with van der Waals surface area (Å²) in [4.78, 5) is 1.64. The van der Waals surface area contributed by atoms with Crippen molar-refractivity contribution in [2.75, 3.05) is 25.0 Å². The van der Waals surface area contributed by atoms with E-state index in [-0.39, 0.29) is 0 Å². The lowest BCUT2D eigenvalue weighted by Gasteiger charge is -2.26. The van der Waals surface area contributed by atoms with Crippen molar-refractivity contribution in [1.29, 1.82) is 0 Å². The highest BCUT2D eigenvalue weighted by atomic mass is 35.5. The summed E-state index contributed by atoms with van der Waals surface area (Å²) < 4.78 is 0. The number of rotatable bonds is 5. The zero-order chi connectivity index (χ0) is 17.6. The molecule has 0 spiro atoms. The number of nitrogens with one attached hydrogen (secondary N) is 3. The number of hydrogen-bond acceptors (Lipinski definition) is 1. The van der Waals surface area contributed by atoms with Crippen LogP contribution in [0.15, 0.2) is 48.5 Å². The third kappa shape index (κ3) is 4.72. The van der Waals surface area contributed by atoms with Gasteiger partial charge < -0.3 is 15.5 Å². The fraction of sp³-hybridized carbons (Fsp3) is 0.350. The van der Waals surface area contributed by atoms with Crippen LogP contribution in [0.2, 0.25) is 5.02 Å². The normalized spacial score (nSPS) is 15.8. The van der Waals surface area contributed by atoms with Crippen molar-refractivity contribution in [3.63, 3.8) is 0 Å². The summed E-state index contributed by atoms with van der Waals surface area (Å²) in [5.41, 5.74) is 3.33. The first-order valence-corrected chi connectivity index (χ1v) is 9.63. The number of benzene rings is 2. The van der Waals surface area contributed by atoms with Gasteiger partial charge in [-0.25, -0.2) is 0 Å². The van der Waals surface area contributed by atoms with Gasteiger partial charge in [-0.05, 0) is 36.8 Å². The molecule has 5 heteroatoms. The summed E-state index contributed by atoms with van der Waals surface area (Å²) in [6.07, 6.45) is 2.62. The van der Waals surface area contributed by atoms with Gasteiger partial charge in [0.15, 0.2) is 5.11 Å². The van der Waals surface area contributed by atoms with Gasteiger partial charge >= 0.3 is 0 Å². The van der Waals surface area contributed by atoms with Gasteiger partial charge in [0.25, 0.3) is 0 Å². The van der Waals surface area contributed by atoms with Gasteiger partial charge in [0.05, 0.1) is 19.6 Å². The zero-order valence-electron chi connectivity index (χ0n) is 14.5. The van der Waals surface area contributed by atoms with Gasteiger partial charge in [0, 0.05) is 29.1 Å². The minimum Gasteiger partial charge on any atom is -0.356 e. The first kappa shape index (κ1) is 18.2. The van der Waals surface area contributed by atoms with Gasteiger partial charge in [-0.1, -0.05) is 48.0 Å². The Morgan fingerprint density at radius 2 is 1.84 bits per heavy atom. The second-order valence-electron chi connectivity index (χ2n) is 6.58. The van der Waals surface area contributed by atoms with E-state index in [1.807, 2.05) is 25.1 Å². The largest absolute Gasteiger partial charge is 0.356 e. The van der Waals surface area contributed by atoms with Crippen LogP contribution in [-0.4, -0.2) is 24.7 Å². The molecule has 1 heterocycles. The molecule has 132 valence electrons. The zero-order valence-corrected chi connectivity index (χ0v) is 16.1. The maximum Gasteiger partial charge on any atom is 0.171 e. The standard InChI is InChI=1S/C20H24ClN3S/c1-15-17(21)10-7-11-18(15)23-20(25)22-14-19(24-12-5-6-13-24)16-8-3-2-4-9-16/h2-4,7-11,19H,5-6,12-14H2,1H3,(H2,22,23,25)/p+1/t19-/m0/s1. The van der Waals surface area contributed by atoms with Crippen LogP contribution in [0, 0.1) is 6.92 Å². The van der Waals surface area contributed by atoms with E-state index in [0.29, 0.717) is 11.2 Å². The molecule has 2 aromatic carbocycles. The van der Waals surface area contributed by atoms with Crippen molar-refractivity contribution in [1.82, 2.24) is 5.32 Å². The summed E-state index contributed by atoms with van der Waals surface area (Å²) in [5, 5.41) is 8.07. The molecule has 2 aromatic rings. The van der Waals surface area contributed by atoms with E-state index in [9.17, 15) is 0 Å². The van der Waals surface area contributed by atoms with Crippen LogP contribution in [-0.2, 0) is 0 Å². The van der Waals surface area contributed by atoms with Gasteiger partial charge in [-0.2, -0.15) is 0 Å². The molecule has 1 fully saturated rings. The van der Waals surface area contributed by atoms with E-state index in [0.717, 1.165) is 22.8 Å². The molecule has 0 unspecified atom stereocenters. The number of quaternary nitrogens is 1. The maximum absolute atomic E-state index is 6.18. The molecule has 25 heavy (non-hydrogen) atoms. The maximum atomic E-state index is 6.18. The monoisotopic (exact) mass is 374 g/mol. The molecule has 0 radical (unpaired) electrons. The van der Waals surface area contributed by atoms with Crippen molar-refractivity contribution in [3.8, 4) is 0 Å². The number of likely N-dealkylation sites (tertiary alicyclic amines) is 1. The predicted molar refractivity (Wildman–Crippen MR) is 110 cm³/mol. The Morgan fingerprint density at radius 3 is 2.56 bits per heavy atom. The summed E-state index contributed by atoms with van der Waals surface area (Å²) in [7, 11) is 0. The Bertz CT molecular complexity index is 714. The van der Waals surface area contributed by atoms with E-state index < -0.39 is 0 Å². The summed E-state index contributed by atoms with van der Waals surface area (Å²) in [6.45, 7) is 5.28. The third-order valence-corrected chi connectivity index (χ3v) is 5.58. The second-order valence-corrected chi connectivity index (χ2v) is 7.39. The fourth-order valence-corrected chi connectivity index (χ4v) is 3.83. The first-order chi connectivity index (χ1) is 12.1. The summed E-state index contributed by atoms with van der Waals surface area (Å²) in [5.74, 6) is 0. The highest BCUT2D eigenvalue weighted by molar-refractivity contribution is 7.80. The van der Waals surface area contributed by atoms with Crippen LogP contribution in [0.3, 0.4) is 0 Å². The number of thiocarbonyl (C=S) groups is 1. The molecule has 3 nitrogen and oxygen atoms in total. The second kappa shape index (κ2) is 8.65. The quantitative estimate of drug-likeness (QED) is 0.701. The molecule has 1 aliphatic heterocycles. The Labute approximate surface area is 160 Å². The minimum absolute atomic E-state index is 0.420. The van der Waals surface area contributed by atoms with E-state index in [1.165, 1.54) is 31.5 Å². The van der Waals surface area contributed by atoms with Crippen molar-refractivity contribution in [3.05, 3.63) is 64.7 Å². The fourth-order valence-electron chi connectivity index (χ4n) is 3.46. The molecule has 0 aliphatic carbocycles. The van der Waals surface area contributed by atoms with Crippen molar-refractivity contribution >= 4 is 34.6 Å². The van der Waals surface area contributed by atoms with E-state index >= 15 is 0 Å². The third-order valence-electron chi connectivity index (χ3n) is 4.92. The van der Waals surface area contributed by atoms with Crippen LogP contribution in [0.5, 0.6) is 0 Å². The SMILES string of the molecule is Cc1c(Cl)cccc1NC(=S)NC[C@@H](c1ccccc1)[NH+]1CCCC1. The van der Waals surface area contributed by atoms with Crippen LogP contribution in [0.25, 0.3) is 0 Å². The van der Waals surface area contributed by atoms with Gasteiger partial charge in [0.2, 0.25) is 0 Å². The summed E-state index contributed by atoms with van der Waals surface area (Å²) >= 11 is 11.7. The molecule has 3 N–H and O–H groups in total. The minimum atomic E-state index is 0.420. The van der Waals surface area contributed by atoms with Gasteiger partial charge in [-0.15, -0.1) is 0 Å². The Morgan fingerprint density at radius 1 is 1.12 bits per heavy atom. The van der Waals surface area contributed by atoms with Crippen LogP contribution in [0.4, 0.5) is 5.69 Å². The molecule has 0 aromatic heterocycles. The lowest BCUT2D eigenvalue weighted by atomic mass is 10.1. The predicted octanol–water partition coefficient (Wildman–Crippen LogP) is 3.35. The van der Waals surface area contributed by atoms with E-state index in [1.54, 1.807) is 4.90 Å². The molecule has 3 rings (SSSR count). The lowest BCUT2D eigenvalue weighted by Crippen LogP contribution is -3.11. The molecule has 1 atom stereocenters.